The van der Waals surface area contributed by atoms with Crippen molar-refractivity contribution in [2.24, 2.45) is 0 Å². The van der Waals surface area contributed by atoms with E-state index >= 15 is 0 Å². The summed E-state index contributed by atoms with van der Waals surface area (Å²) in [6.45, 7) is 0. The van der Waals surface area contributed by atoms with Crippen molar-refractivity contribution in [2.45, 2.75) is 0 Å². The highest BCUT2D eigenvalue weighted by atomic mass is 35.5. The van der Waals surface area contributed by atoms with Gasteiger partial charge in [0, 0.05) is 10.4 Å². The summed E-state index contributed by atoms with van der Waals surface area (Å²) < 4.78 is 13.3. The second-order valence-corrected chi connectivity index (χ2v) is 3.28. The molecule has 0 saturated heterocycles. The summed E-state index contributed by atoms with van der Waals surface area (Å²) in [6.07, 6.45) is 1.41. The van der Waals surface area contributed by atoms with Crippen LogP contribution in [-0.2, 0) is 0 Å². The molecule has 0 fully saturated rings. The summed E-state index contributed by atoms with van der Waals surface area (Å²) in [6, 6.07) is 2.78. The minimum absolute atomic E-state index is 0.0478. The Hall–Kier alpha value is -0.930. The van der Waals surface area contributed by atoms with Crippen molar-refractivity contribution in [2.75, 3.05) is 0 Å². The standard InChI is InChI=1S/C8H3Cl2FN2/c9-5-1-4-3-12-13-8(10)7(4)6(11)2-5/h1-3H. The zero-order valence-corrected chi connectivity index (χ0v) is 7.77. The van der Waals surface area contributed by atoms with Crippen LogP contribution in [0.3, 0.4) is 0 Å². The monoisotopic (exact) mass is 216 g/mol. The van der Waals surface area contributed by atoms with Crippen LogP contribution in [0, 0.1) is 5.82 Å². The van der Waals surface area contributed by atoms with E-state index in [1.165, 1.54) is 12.3 Å². The molecule has 0 saturated carbocycles. The number of benzene rings is 1. The number of rotatable bonds is 0. The number of aromatic nitrogens is 2. The number of hydrogen-bond acceptors (Lipinski definition) is 2. The van der Waals surface area contributed by atoms with Gasteiger partial charge < -0.3 is 0 Å². The first-order chi connectivity index (χ1) is 6.18. The molecule has 66 valence electrons. The number of fused-ring (bicyclic) bond motifs is 1. The third-order valence-electron chi connectivity index (χ3n) is 1.63. The summed E-state index contributed by atoms with van der Waals surface area (Å²) in [7, 11) is 0. The largest absolute Gasteiger partial charge is 0.206 e. The van der Waals surface area contributed by atoms with Gasteiger partial charge in [-0.25, -0.2) is 4.39 Å². The molecular weight excluding hydrogens is 214 g/mol. The van der Waals surface area contributed by atoms with Gasteiger partial charge in [0.1, 0.15) is 5.82 Å². The maximum Gasteiger partial charge on any atom is 0.162 e. The van der Waals surface area contributed by atoms with Crippen molar-refractivity contribution in [1.82, 2.24) is 10.2 Å². The zero-order chi connectivity index (χ0) is 9.42. The summed E-state index contributed by atoms with van der Waals surface area (Å²) in [5.41, 5.74) is 0. The predicted molar refractivity (Wildman–Crippen MR) is 49.5 cm³/mol. The fourth-order valence-electron chi connectivity index (χ4n) is 1.10. The highest BCUT2D eigenvalue weighted by Gasteiger charge is 2.07. The molecule has 0 unspecified atom stereocenters. The lowest BCUT2D eigenvalue weighted by molar-refractivity contribution is 0.639. The van der Waals surface area contributed by atoms with Gasteiger partial charge in [-0.1, -0.05) is 23.2 Å². The molecule has 2 rings (SSSR count). The molecule has 0 bridgehead atoms. The second-order valence-electron chi connectivity index (χ2n) is 2.49. The van der Waals surface area contributed by atoms with E-state index in [9.17, 15) is 4.39 Å². The van der Waals surface area contributed by atoms with Crippen LogP contribution in [0.15, 0.2) is 18.3 Å². The Labute approximate surface area is 83.3 Å². The van der Waals surface area contributed by atoms with Gasteiger partial charge in [-0.3, -0.25) is 0 Å². The Morgan fingerprint density at radius 2 is 2.00 bits per heavy atom. The van der Waals surface area contributed by atoms with Gasteiger partial charge in [-0.2, -0.15) is 5.10 Å². The van der Waals surface area contributed by atoms with Crippen molar-refractivity contribution in [3.8, 4) is 0 Å². The maximum absolute atomic E-state index is 13.3. The molecule has 0 spiro atoms. The van der Waals surface area contributed by atoms with Gasteiger partial charge in [0.25, 0.3) is 0 Å². The molecule has 0 amide bonds. The van der Waals surface area contributed by atoms with E-state index < -0.39 is 5.82 Å². The first-order valence-corrected chi connectivity index (χ1v) is 4.20. The van der Waals surface area contributed by atoms with Gasteiger partial charge >= 0.3 is 0 Å². The second kappa shape index (κ2) is 3.09. The molecule has 0 N–H and O–H groups in total. The van der Waals surface area contributed by atoms with Crippen molar-refractivity contribution >= 4 is 34.0 Å². The molecule has 1 heterocycles. The van der Waals surface area contributed by atoms with Crippen molar-refractivity contribution in [3.63, 3.8) is 0 Å². The van der Waals surface area contributed by atoms with E-state index in [1.807, 2.05) is 0 Å². The Morgan fingerprint density at radius 3 is 2.77 bits per heavy atom. The summed E-state index contributed by atoms with van der Waals surface area (Å²) in [5, 5.41) is 8.28. The van der Waals surface area contributed by atoms with E-state index in [1.54, 1.807) is 6.07 Å². The van der Waals surface area contributed by atoms with Gasteiger partial charge in [-0.15, -0.1) is 5.10 Å². The molecule has 0 aliphatic rings. The van der Waals surface area contributed by atoms with E-state index in [2.05, 4.69) is 10.2 Å². The fraction of sp³-hybridized carbons (Fsp3) is 0. The lowest BCUT2D eigenvalue weighted by Crippen LogP contribution is -1.87. The smallest absolute Gasteiger partial charge is 0.162 e. The van der Waals surface area contributed by atoms with Crippen LogP contribution < -0.4 is 0 Å². The summed E-state index contributed by atoms with van der Waals surface area (Å²) >= 11 is 11.3. The van der Waals surface area contributed by atoms with Crippen molar-refractivity contribution in [3.05, 3.63) is 34.3 Å². The van der Waals surface area contributed by atoms with Crippen LogP contribution in [0.2, 0.25) is 10.2 Å². The molecule has 0 aliphatic carbocycles. The lowest BCUT2D eigenvalue weighted by Gasteiger charge is -2.00. The van der Waals surface area contributed by atoms with Gasteiger partial charge in [0.05, 0.1) is 11.6 Å². The predicted octanol–water partition coefficient (Wildman–Crippen LogP) is 3.08. The molecule has 1 aromatic carbocycles. The average Bonchev–Trinajstić information content (AvgIpc) is 2.02. The summed E-state index contributed by atoms with van der Waals surface area (Å²) in [4.78, 5) is 0. The SMILES string of the molecule is Fc1cc(Cl)cc2cnnc(Cl)c12. The fourth-order valence-corrected chi connectivity index (χ4v) is 1.56. The van der Waals surface area contributed by atoms with Crippen molar-refractivity contribution < 1.29 is 4.39 Å². The molecule has 0 atom stereocenters. The van der Waals surface area contributed by atoms with Gasteiger partial charge in [-0.05, 0) is 12.1 Å². The topological polar surface area (TPSA) is 25.8 Å². The zero-order valence-electron chi connectivity index (χ0n) is 6.26. The first-order valence-electron chi connectivity index (χ1n) is 3.44. The molecule has 13 heavy (non-hydrogen) atoms. The Morgan fingerprint density at radius 1 is 1.23 bits per heavy atom. The number of halogens is 3. The van der Waals surface area contributed by atoms with Crippen LogP contribution in [0.4, 0.5) is 4.39 Å². The molecule has 0 radical (unpaired) electrons. The third-order valence-corrected chi connectivity index (χ3v) is 2.12. The summed E-state index contributed by atoms with van der Waals surface area (Å²) in [5.74, 6) is -0.484. The van der Waals surface area contributed by atoms with E-state index in [-0.39, 0.29) is 10.5 Å². The molecular formula is C8H3Cl2FN2. The average molecular weight is 217 g/mol. The van der Waals surface area contributed by atoms with E-state index in [0.29, 0.717) is 10.4 Å². The Kier molecular flexibility index (Phi) is 2.06. The highest BCUT2D eigenvalue weighted by molar-refractivity contribution is 6.35. The van der Waals surface area contributed by atoms with Gasteiger partial charge in [0.15, 0.2) is 5.15 Å². The molecule has 5 heteroatoms. The Balaban J connectivity index is 2.94. The van der Waals surface area contributed by atoms with Crippen LogP contribution in [0.25, 0.3) is 10.8 Å². The van der Waals surface area contributed by atoms with Crippen LogP contribution in [0.1, 0.15) is 0 Å². The normalized spacial score (nSPS) is 10.7. The van der Waals surface area contributed by atoms with Crippen LogP contribution in [0.5, 0.6) is 0 Å². The highest BCUT2D eigenvalue weighted by Crippen LogP contribution is 2.26. The lowest BCUT2D eigenvalue weighted by atomic mass is 10.2. The third kappa shape index (κ3) is 1.45. The number of hydrogen-bond donors (Lipinski definition) is 0. The molecule has 0 aliphatic heterocycles. The number of nitrogens with zero attached hydrogens (tertiary/aromatic N) is 2. The van der Waals surface area contributed by atoms with Gasteiger partial charge in [0.2, 0.25) is 0 Å². The molecule has 1 aromatic heterocycles. The molecule has 2 nitrogen and oxygen atoms in total. The van der Waals surface area contributed by atoms with Crippen LogP contribution in [-0.4, -0.2) is 10.2 Å². The maximum atomic E-state index is 13.3. The minimum atomic E-state index is -0.484. The van der Waals surface area contributed by atoms with E-state index in [0.717, 1.165) is 0 Å². The van der Waals surface area contributed by atoms with E-state index in [4.69, 9.17) is 23.2 Å². The van der Waals surface area contributed by atoms with Crippen molar-refractivity contribution in [1.29, 1.82) is 0 Å². The Bertz CT molecular complexity index is 473. The first kappa shape index (κ1) is 8.66. The molecule has 2 aromatic rings. The quantitative estimate of drug-likeness (QED) is 0.677. The van der Waals surface area contributed by atoms with Crippen LogP contribution >= 0.6 is 23.2 Å². The minimum Gasteiger partial charge on any atom is -0.206 e.